The number of thiophene rings is 1. The predicted octanol–water partition coefficient (Wildman–Crippen LogP) is 3.85. The van der Waals surface area contributed by atoms with Gasteiger partial charge in [-0.1, -0.05) is 13.8 Å². The molecule has 2 nitrogen and oxygen atoms in total. The molecular weight excluding hydrogens is 236 g/mol. The third-order valence-electron chi connectivity index (χ3n) is 3.04. The molecule has 4 heteroatoms. The van der Waals surface area contributed by atoms with Gasteiger partial charge in [0.15, 0.2) is 0 Å². The Morgan fingerprint density at radius 3 is 2.62 bits per heavy atom. The molecule has 0 aliphatic heterocycles. The van der Waals surface area contributed by atoms with Gasteiger partial charge in [0.05, 0.1) is 11.2 Å². The van der Waals surface area contributed by atoms with Crippen molar-refractivity contribution < 1.29 is 0 Å². The summed E-state index contributed by atoms with van der Waals surface area (Å²) >= 11 is 3.38. The monoisotopic (exact) mass is 252 g/mol. The van der Waals surface area contributed by atoms with Gasteiger partial charge >= 0.3 is 0 Å². The van der Waals surface area contributed by atoms with Crippen molar-refractivity contribution in [3.05, 3.63) is 27.9 Å². The van der Waals surface area contributed by atoms with Gasteiger partial charge in [0, 0.05) is 16.3 Å². The Bertz CT molecular complexity index is 441. The molecule has 0 fully saturated rings. The molecule has 0 aromatic carbocycles. The maximum Gasteiger partial charge on any atom is 0.124 e. The molecule has 0 saturated carbocycles. The molecule has 0 unspecified atom stereocenters. The van der Waals surface area contributed by atoms with Crippen LogP contribution in [0.2, 0.25) is 0 Å². The van der Waals surface area contributed by atoms with Crippen LogP contribution in [-0.2, 0) is 5.54 Å². The van der Waals surface area contributed by atoms with Crippen LogP contribution >= 0.6 is 22.7 Å². The van der Waals surface area contributed by atoms with Crippen LogP contribution in [0, 0.1) is 0 Å². The third kappa shape index (κ3) is 2.05. The first-order valence-corrected chi connectivity index (χ1v) is 7.29. The Balaban J connectivity index is 2.33. The number of aromatic nitrogens is 1. The van der Waals surface area contributed by atoms with E-state index in [4.69, 9.17) is 5.73 Å². The normalized spacial score (nSPS) is 11.9. The molecule has 2 rings (SSSR count). The van der Waals surface area contributed by atoms with Gasteiger partial charge in [0.25, 0.3) is 0 Å². The number of hydrogen-bond acceptors (Lipinski definition) is 4. The number of hydrogen-bond donors (Lipinski definition) is 1. The van der Waals surface area contributed by atoms with Gasteiger partial charge in [-0.3, -0.25) is 0 Å². The fraction of sp³-hybridized carbons (Fsp3) is 0.417. The summed E-state index contributed by atoms with van der Waals surface area (Å²) in [5, 5.41) is 7.37. The molecule has 0 amide bonds. The van der Waals surface area contributed by atoms with Gasteiger partial charge in [-0.15, -0.1) is 11.3 Å². The Morgan fingerprint density at radius 2 is 2.06 bits per heavy atom. The van der Waals surface area contributed by atoms with Gasteiger partial charge in [-0.25, -0.2) is 4.98 Å². The second-order valence-electron chi connectivity index (χ2n) is 3.91. The minimum Gasteiger partial charge on any atom is -0.320 e. The molecule has 2 N–H and O–H groups in total. The summed E-state index contributed by atoms with van der Waals surface area (Å²) < 4.78 is 0. The van der Waals surface area contributed by atoms with E-state index in [1.807, 2.05) is 0 Å². The SMILES string of the molecule is CCC(N)(CC)c1csc(-c2ccsc2)n1. The molecule has 2 heterocycles. The lowest BCUT2D eigenvalue weighted by molar-refractivity contribution is 0.403. The summed E-state index contributed by atoms with van der Waals surface area (Å²) in [5.41, 5.74) is 8.31. The smallest absolute Gasteiger partial charge is 0.124 e. The molecule has 0 saturated heterocycles. The number of nitrogens with zero attached hydrogens (tertiary/aromatic N) is 1. The zero-order valence-electron chi connectivity index (χ0n) is 9.56. The van der Waals surface area contributed by atoms with Gasteiger partial charge in [-0.05, 0) is 24.3 Å². The largest absolute Gasteiger partial charge is 0.320 e. The van der Waals surface area contributed by atoms with Crippen molar-refractivity contribution in [1.29, 1.82) is 0 Å². The predicted molar refractivity (Wildman–Crippen MR) is 71.9 cm³/mol. The zero-order chi connectivity index (χ0) is 11.6. The molecule has 2 aromatic heterocycles. The van der Waals surface area contributed by atoms with E-state index in [1.54, 1.807) is 22.7 Å². The van der Waals surface area contributed by atoms with Crippen molar-refractivity contribution in [3.8, 4) is 10.6 Å². The molecule has 86 valence electrons. The Labute approximate surface area is 104 Å². The first kappa shape index (κ1) is 11.8. The van der Waals surface area contributed by atoms with Crippen molar-refractivity contribution in [2.75, 3.05) is 0 Å². The molecule has 0 radical (unpaired) electrons. The highest BCUT2D eigenvalue weighted by Crippen LogP contribution is 2.31. The summed E-state index contributed by atoms with van der Waals surface area (Å²) in [6, 6.07) is 2.10. The standard InChI is InChI=1S/C12H16N2S2/c1-3-12(13,4-2)10-8-16-11(14-10)9-5-6-15-7-9/h5-8H,3-4,13H2,1-2H3. The summed E-state index contributed by atoms with van der Waals surface area (Å²) in [7, 11) is 0. The maximum atomic E-state index is 6.33. The van der Waals surface area contributed by atoms with Crippen molar-refractivity contribution >= 4 is 22.7 Å². The number of thiazole rings is 1. The highest BCUT2D eigenvalue weighted by Gasteiger charge is 2.26. The van der Waals surface area contributed by atoms with E-state index < -0.39 is 0 Å². The van der Waals surface area contributed by atoms with E-state index in [1.165, 1.54) is 5.56 Å². The van der Waals surface area contributed by atoms with Crippen molar-refractivity contribution in [3.63, 3.8) is 0 Å². The molecule has 16 heavy (non-hydrogen) atoms. The van der Waals surface area contributed by atoms with Crippen LogP contribution in [0.5, 0.6) is 0 Å². The van der Waals surface area contributed by atoms with Gasteiger partial charge in [0.1, 0.15) is 5.01 Å². The Morgan fingerprint density at radius 1 is 1.31 bits per heavy atom. The Hall–Kier alpha value is -0.710. The highest BCUT2D eigenvalue weighted by molar-refractivity contribution is 7.14. The lowest BCUT2D eigenvalue weighted by Gasteiger charge is -2.24. The van der Waals surface area contributed by atoms with Crippen LogP contribution in [0.15, 0.2) is 22.2 Å². The maximum absolute atomic E-state index is 6.33. The average molecular weight is 252 g/mol. The van der Waals surface area contributed by atoms with Crippen molar-refractivity contribution in [1.82, 2.24) is 4.98 Å². The summed E-state index contributed by atoms with van der Waals surface area (Å²) in [4.78, 5) is 4.67. The van der Waals surface area contributed by atoms with Crippen LogP contribution in [0.25, 0.3) is 10.6 Å². The molecule has 2 aromatic rings. The fourth-order valence-electron chi connectivity index (χ4n) is 1.63. The van der Waals surface area contributed by atoms with Gasteiger partial charge in [0.2, 0.25) is 0 Å². The molecule has 0 atom stereocenters. The van der Waals surface area contributed by atoms with E-state index >= 15 is 0 Å². The molecule has 0 aliphatic carbocycles. The first-order valence-electron chi connectivity index (χ1n) is 5.47. The third-order valence-corrected chi connectivity index (χ3v) is 4.62. The molecular formula is C12H16N2S2. The fourth-order valence-corrected chi connectivity index (χ4v) is 3.27. The van der Waals surface area contributed by atoms with Crippen LogP contribution in [0.1, 0.15) is 32.4 Å². The lowest BCUT2D eigenvalue weighted by atomic mass is 9.91. The van der Waals surface area contributed by atoms with Crippen LogP contribution in [0.4, 0.5) is 0 Å². The van der Waals surface area contributed by atoms with Crippen molar-refractivity contribution in [2.45, 2.75) is 32.2 Å². The highest BCUT2D eigenvalue weighted by atomic mass is 32.1. The van der Waals surface area contributed by atoms with E-state index in [0.29, 0.717) is 0 Å². The quantitative estimate of drug-likeness (QED) is 0.897. The van der Waals surface area contributed by atoms with Crippen LogP contribution < -0.4 is 5.73 Å². The molecule has 0 bridgehead atoms. The van der Waals surface area contributed by atoms with Crippen molar-refractivity contribution in [2.24, 2.45) is 5.73 Å². The van der Waals surface area contributed by atoms with E-state index in [9.17, 15) is 0 Å². The second-order valence-corrected chi connectivity index (χ2v) is 5.55. The van der Waals surface area contributed by atoms with E-state index in [0.717, 1.165) is 23.5 Å². The summed E-state index contributed by atoms with van der Waals surface area (Å²) in [5.74, 6) is 0. The van der Waals surface area contributed by atoms with Crippen LogP contribution in [-0.4, -0.2) is 4.98 Å². The lowest BCUT2D eigenvalue weighted by Crippen LogP contribution is -2.35. The Kier molecular flexibility index (Phi) is 3.42. The first-order chi connectivity index (χ1) is 7.69. The average Bonchev–Trinajstić information content (AvgIpc) is 2.97. The van der Waals surface area contributed by atoms with E-state index in [2.05, 4.69) is 41.0 Å². The summed E-state index contributed by atoms with van der Waals surface area (Å²) in [6.07, 6.45) is 1.85. The number of nitrogens with two attached hydrogens (primary N) is 1. The minimum absolute atomic E-state index is 0.259. The van der Waals surface area contributed by atoms with Gasteiger partial charge in [-0.2, -0.15) is 11.3 Å². The van der Waals surface area contributed by atoms with E-state index in [-0.39, 0.29) is 5.54 Å². The topological polar surface area (TPSA) is 38.9 Å². The minimum atomic E-state index is -0.259. The second kappa shape index (κ2) is 4.65. The number of rotatable bonds is 4. The molecule has 0 aliphatic rings. The van der Waals surface area contributed by atoms with Crippen LogP contribution in [0.3, 0.4) is 0 Å². The molecule has 0 spiro atoms. The van der Waals surface area contributed by atoms with Gasteiger partial charge < -0.3 is 5.73 Å². The zero-order valence-corrected chi connectivity index (χ0v) is 11.2. The summed E-state index contributed by atoms with van der Waals surface area (Å²) in [6.45, 7) is 4.24.